The van der Waals surface area contributed by atoms with E-state index in [1.807, 2.05) is 0 Å². The summed E-state index contributed by atoms with van der Waals surface area (Å²) < 4.78 is 33.5. The van der Waals surface area contributed by atoms with Gasteiger partial charge in [-0.2, -0.15) is 0 Å². The van der Waals surface area contributed by atoms with Crippen molar-refractivity contribution in [2.24, 2.45) is 0 Å². The highest BCUT2D eigenvalue weighted by Crippen LogP contribution is 2.17. The summed E-state index contributed by atoms with van der Waals surface area (Å²) >= 11 is 0. The zero-order valence-corrected chi connectivity index (χ0v) is 21.3. The number of nitrogens with zero attached hydrogens (tertiary/aromatic N) is 4. The summed E-state index contributed by atoms with van der Waals surface area (Å²) in [6.45, 7) is -0.0653. The summed E-state index contributed by atoms with van der Waals surface area (Å²) in [6, 6.07) is 4.84. The van der Waals surface area contributed by atoms with Crippen LogP contribution in [0.1, 0.15) is 18.7 Å². The van der Waals surface area contributed by atoms with Crippen molar-refractivity contribution in [2.45, 2.75) is 25.5 Å². The van der Waals surface area contributed by atoms with E-state index in [0.717, 1.165) is 17.0 Å². The maximum Gasteiger partial charge on any atom is 0.410 e. The number of amides is 3. The molecule has 2 aromatic heterocycles. The molecule has 2 N–H and O–H groups in total. The van der Waals surface area contributed by atoms with E-state index < -0.39 is 35.3 Å². The van der Waals surface area contributed by atoms with Gasteiger partial charge in [0.1, 0.15) is 11.5 Å². The average Bonchev–Trinajstić information content (AvgIpc) is 3.23. The van der Waals surface area contributed by atoms with Gasteiger partial charge in [0, 0.05) is 46.5 Å². The molecule has 0 fully saturated rings. The van der Waals surface area contributed by atoms with Crippen molar-refractivity contribution in [1.29, 1.82) is 0 Å². The van der Waals surface area contributed by atoms with Crippen LogP contribution < -0.4 is 10.9 Å². The summed E-state index contributed by atoms with van der Waals surface area (Å²) in [5, 5.41) is 2.49. The Hall–Kier alpha value is -4.55. The fourth-order valence-electron chi connectivity index (χ4n) is 3.32. The number of benzene rings is 1. The predicted molar refractivity (Wildman–Crippen MR) is 135 cm³/mol. The zero-order chi connectivity index (χ0) is 28.0. The number of pyridine rings is 1. The van der Waals surface area contributed by atoms with E-state index in [-0.39, 0.29) is 47.8 Å². The van der Waals surface area contributed by atoms with Crippen molar-refractivity contribution < 1.29 is 27.9 Å². The molecule has 13 heteroatoms. The number of hydrogen-bond donors (Lipinski definition) is 2. The lowest BCUT2D eigenvalue weighted by molar-refractivity contribution is -0.125. The molecule has 0 bridgehead atoms. The second-order valence-corrected chi connectivity index (χ2v) is 8.79. The van der Waals surface area contributed by atoms with Gasteiger partial charge in [0.15, 0.2) is 17.7 Å². The Morgan fingerprint density at radius 3 is 2.55 bits per heavy atom. The molecular formula is C25H28F2N6O5. The summed E-state index contributed by atoms with van der Waals surface area (Å²) in [5.74, 6) is -2.76. The molecule has 11 nitrogen and oxygen atoms in total. The minimum Gasteiger partial charge on any atom is -0.436 e. The van der Waals surface area contributed by atoms with E-state index in [9.17, 15) is 28.0 Å². The number of aromatic nitrogens is 3. The lowest BCUT2D eigenvalue weighted by atomic mass is 10.1. The number of H-pyrrole nitrogens is 1. The Balaban J connectivity index is 1.76. The van der Waals surface area contributed by atoms with Gasteiger partial charge in [0.25, 0.3) is 11.5 Å². The second-order valence-electron chi connectivity index (χ2n) is 8.79. The van der Waals surface area contributed by atoms with Crippen LogP contribution in [0.25, 0.3) is 11.0 Å². The number of allylic oxidation sites excluding steroid dienone is 1. The molecule has 0 radical (unpaired) electrons. The van der Waals surface area contributed by atoms with Gasteiger partial charge in [-0.1, -0.05) is 6.08 Å². The number of likely N-dealkylation sites (N-methyl/N-ethyl adjacent to an activating group) is 1. The molecule has 0 saturated carbocycles. The Bertz CT molecular complexity index is 1390. The van der Waals surface area contributed by atoms with Crippen LogP contribution in [0.2, 0.25) is 0 Å². The number of carbonyl (C=O) groups is 3. The first kappa shape index (κ1) is 28.0. The molecule has 3 rings (SSSR count). The summed E-state index contributed by atoms with van der Waals surface area (Å²) in [6.07, 6.45) is 2.70. The van der Waals surface area contributed by atoms with Gasteiger partial charge in [0.05, 0.1) is 17.6 Å². The molecule has 0 aliphatic rings. The Morgan fingerprint density at radius 2 is 1.87 bits per heavy atom. The van der Waals surface area contributed by atoms with E-state index in [4.69, 9.17) is 4.74 Å². The quantitative estimate of drug-likeness (QED) is 0.409. The molecule has 0 spiro atoms. The lowest BCUT2D eigenvalue weighted by Crippen LogP contribution is -2.37. The molecule has 0 saturated heterocycles. The number of anilines is 1. The van der Waals surface area contributed by atoms with Crippen molar-refractivity contribution >= 4 is 34.6 Å². The number of imidazole rings is 1. The molecule has 202 valence electrons. The largest absolute Gasteiger partial charge is 0.436 e. The fraction of sp³-hybridized carbons (Fsp3) is 0.320. The first-order valence-corrected chi connectivity index (χ1v) is 11.6. The highest BCUT2D eigenvalue weighted by molar-refractivity contribution is 5.95. The Morgan fingerprint density at radius 1 is 1.16 bits per heavy atom. The number of carbonyl (C=O) groups excluding carboxylic acids is 3. The van der Waals surface area contributed by atoms with E-state index in [2.05, 4.69) is 15.3 Å². The minimum absolute atomic E-state index is 0.0652. The normalized spacial score (nSPS) is 11.9. The number of nitrogens with one attached hydrogen (secondary N) is 2. The number of fused-ring (bicyclic) bond motifs is 1. The molecule has 1 aromatic carbocycles. The number of hydrogen-bond acceptors (Lipinski definition) is 6. The van der Waals surface area contributed by atoms with Gasteiger partial charge < -0.3 is 29.4 Å². The van der Waals surface area contributed by atoms with Crippen LogP contribution in [-0.2, 0) is 20.9 Å². The fourth-order valence-corrected chi connectivity index (χ4v) is 3.32. The van der Waals surface area contributed by atoms with Crippen LogP contribution >= 0.6 is 0 Å². The standard InChI is InChI=1S/C25H28F2N6O5/c1-31(2)22(34)10-6-5-9-20(38-25(37)32(3)4)23(35)30-17-8-7-11-33(24(17)36)14-21-28-18-12-15(26)16(27)13-19(18)29-21/h6-8,10-13,20H,5,9,14H2,1-4H3,(H,28,29)(H,30,35)/b10-6+. The van der Waals surface area contributed by atoms with Crippen molar-refractivity contribution in [3.8, 4) is 0 Å². The zero-order valence-electron chi connectivity index (χ0n) is 21.3. The van der Waals surface area contributed by atoms with Crippen molar-refractivity contribution in [3.63, 3.8) is 0 Å². The van der Waals surface area contributed by atoms with Crippen molar-refractivity contribution in [3.05, 3.63) is 70.4 Å². The summed E-state index contributed by atoms with van der Waals surface area (Å²) in [5.41, 5.74) is -0.186. The van der Waals surface area contributed by atoms with Crippen molar-refractivity contribution in [1.82, 2.24) is 24.3 Å². The first-order chi connectivity index (χ1) is 18.0. The summed E-state index contributed by atoms with van der Waals surface area (Å²) in [7, 11) is 6.12. The highest BCUT2D eigenvalue weighted by Gasteiger charge is 2.24. The van der Waals surface area contributed by atoms with Crippen LogP contribution in [0.4, 0.5) is 19.3 Å². The molecule has 1 unspecified atom stereocenters. The maximum absolute atomic E-state index is 13.5. The van der Waals surface area contributed by atoms with E-state index in [0.29, 0.717) is 0 Å². The molecule has 2 heterocycles. The van der Waals surface area contributed by atoms with Gasteiger partial charge in [-0.15, -0.1) is 0 Å². The van der Waals surface area contributed by atoms with Crippen LogP contribution in [0.5, 0.6) is 0 Å². The second kappa shape index (κ2) is 12.1. The van der Waals surface area contributed by atoms with E-state index in [1.165, 1.54) is 48.0 Å². The molecule has 3 aromatic rings. The Kier molecular flexibility index (Phi) is 8.94. The van der Waals surface area contributed by atoms with E-state index in [1.54, 1.807) is 20.2 Å². The number of rotatable bonds is 9. The van der Waals surface area contributed by atoms with Gasteiger partial charge in [-0.25, -0.2) is 18.6 Å². The first-order valence-electron chi connectivity index (χ1n) is 11.6. The molecule has 0 aliphatic heterocycles. The number of ether oxygens (including phenoxy) is 1. The topological polar surface area (TPSA) is 130 Å². The molecule has 3 amide bonds. The molecule has 1 atom stereocenters. The van der Waals surface area contributed by atoms with Gasteiger partial charge >= 0.3 is 6.09 Å². The number of aromatic amines is 1. The SMILES string of the molecule is CN(C)C(=O)/C=C/CCC(OC(=O)N(C)C)C(=O)Nc1cccn(Cc2nc3cc(F)c(F)cc3[nH]2)c1=O. The minimum atomic E-state index is -1.24. The third kappa shape index (κ3) is 7.02. The monoisotopic (exact) mass is 530 g/mol. The molecule has 0 aliphatic carbocycles. The van der Waals surface area contributed by atoms with Gasteiger partial charge in [0.2, 0.25) is 5.91 Å². The highest BCUT2D eigenvalue weighted by atomic mass is 19.2. The van der Waals surface area contributed by atoms with Crippen LogP contribution in [-0.4, -0.2) is 76.5 Å². The van der Waals surface area contributed by atoms with Crippen molar-refractivity contribution in [2.75, 3.05) is 33.5 Å². The summed E-state index contributed by atoms with van der Waals surface area (Å²) in [4.78, 5) is 59.3. The smallest absolute Gasteiger partial charge is 0.410 e. The molecule has 38 heavy (non-hydrogen) atoms. The number of halogens is 2. The van der Waals surface area contributed by atoms with Gasteiger partial charge in [-0.3, -0.25) is 14.4 Å². The molecular weight excluding hydrogens is 502 g/mol. The van der Waals surface area contributed by atoms with Crippen LogP contribution in [0, 0.1) is 11.6 Å². The van der Waals surface area contributed by atoms with E-state index >= 15 is 0 Å². The van der Waals surface area contributed by atoms with Crippen LogP contribution in [0.3, 0.4) is 0 Å². The maximum atomic E-state index is 13.5. The third-order valence-electron chi connectivity index (χ3n) is 5.37. The average molecular weight is 531 g/mol. The van der Waals surface area contributed by atoms with Gasteiger partial charge in [-0.05, 0) is 31.1 Å². The van der Waals surface area contributed by atoms with Crippen LogP contribution in [0.15, 0.2) is 47.4 Å². The third-order valence-corrected chi connectivity index (χ3v) is 5.37. The lowest BCUT2D eigenvalue weighted by Gasteiger charge is -2.19. The predicted octanol–water partition coefficient (Wildman–Crippen LogP) is 2.48. The Labute approximate surface area is 216 Å².